The van der Waals surface area contributed by atoms with Gasteiger partial charge in [0.25, 0.3) is 0 Å². The van der Waals surface area contributed by atoms with E-state index in [0.29, 0.717) is 23.2 Å². The SMILES string of the molecule is COCc1c(C(=O)OC)nnn1Cc1ncc(Cl)n1C. The molecule has 0 atom stereocenters. The number of rotatable bonds is 5. The first kappa shape index (κ1) is 14.5. The number of ether oxygens (including phenoxy) is 2. The molecule has 8 nitrogen and oxygen atoms in total. The van der Waals surface area contributed by atoms with E-state index in [0.717, 1.165) is 0 Å². The van der Waals surface area contributed by atoms with Crippen LogP contribution in [0.1, 0.15) is 22.0 Å². The molecule has 0 aromatic carbocycles. The summed E-state index contributed by atoms with van der Waals surface area (Å²) in [6, 6.07) is 0. The maximum Gasteiger partial charge on any atom is 0.360 e. The van der Waals surface area contributed by atoms with Gasteiger partial charge in [-0.1, -0.05) is 16.8 Å². The van der Waals surface area contributed by atoms with Gasteiger partial charge in [0.15, 0.2) is 5.69 Å². The van der Waals surface area contributed by atoms with Crippen molar-refractivity contribution in [1.82, 2.24) is 24.5 Å². The fourth-order valence-corrected chi connectivity index (χ4v) is 1.85. The van der Waals surface area contributed by atoms with E-state index >= 15 is 0 Å². The first-order chi connectivity index (χ1) is 9.58. The number of aromatic nitrogens is 5. The molecule has 0 N–H and O–H groups in total. The van der Waals surface area contributed by atoms with Gasteiger partial charge in [-0.3, -0.25) is 0 Å². The molecule has 20 heavy (non-hydrogen) atoms. The molecular formula is C11H14ClN5O3. The molecule has 108 valence electrons. The second kappa shape index (κ2) is 6.02. The van der Waals surface area contributed by atoms with Gasteiger partial charge in [0.1, 0.15) is 17.5 Å². The number of methoxy groups -OCH3 is 2. The molecule has 0 saturated heterocycles. The highest BCUT2D eigenvalue weighted by atomic mass is 35.5. The molecule has 2 heterocycles. The number of hydrogen-bond donors (Lipinski definition) is 0. The predicted molar refractivity (Wildman–Crippen MR) is 69.4 cm³/mol. The Morgan fingerprint density at radius 3 is 2.75 bits per heavy atom. The van der Waals surface area contributed by atoms with E-state index in [2.05, 4.69) is 20.0 Å². The quantitative estimate of drug-likeness (QED) is 0.754. The molecule has 0 unspecified atom stereocenters. The van der Waals surface area contributed by atoms with Crippen LogP contribution in [0.5, 0.6) is 0 Å². The van der Waals surface area contributed by atoms with Crippen LogP contribution in [-0.4, -0.2) is 44.7 Å². The zero-order valence-corrected chi connectivity index (χ0v) is 12.1. The minimum Gasteiger partial charge on any atom is -0.464 e. The van der Waals surface area contributed by atoms with Gasteiger partial charge >= 0.3 is 5.97 Å². The predicted octanol–water partition coefficient (Wildman–Crippen LogP) is 0.646. The fourth-order valence-electron chi connectivity index (χ4n) is 1.70. The molecular weight excluding hydrogens is 286 g/mol. The largest absolute Gasteiger partial charge is 0.464 e. The van der Waals surface area contributed by atoms with Crippen molar-refractivity contribution in [2.24, 2.45) is 7.05 Å². The average Bonchev–Trinajstić information content (AvgIpc) is 2.98. The number of nitrogens with zero attached hydrogens (tertiary/aromatic N) is 5. The Kier molecular flexibility index (Phi) is 4.35. The van der Waals surface area contributed by atoms with E-state index in [1.54, 1.807) is 17.8 Å². The molecule has 0 radical (unpaired) electrons. The summed E-state index contributed by atoms with van der Waals surface area (Å²) in [4.78, 5) is 15.8. The van der Waals surface area contributed by atoms with E-state index in [1.807, 2.05) is 0 Å². The highest BCUT2D eigenvalue weighted by Crippen LogP contribution is 2.13. The third kappa shape index (κ3) is 2.66. The lowest BCUT2D eigenvalue weighted by molar-refractivity contribution is 0.0588. The number of imidazole rings is 1. The minimum atomic E-state index is -0.554. The van der Waals surface area contributed by atoms with Crippen molar-refractivity contribution in [3.05, 3.63) is 28.6 Å². The van der Waals surface area contributed by atoms with Crippen molar-refractivity contribution >= 4 is 17.6 Å². The molecule has 0 fully saturated rings. The number of carbonyl (C=O) groups excluding carboxylic acids is 1. The minimum absolute atomic E-state index is 0.134. The second-order valence-corrected chi connectivity index (χ2v) is 4.41. The second-order valence-electron chi connectivity index (χ2n) is 4.02. The van der Waals surface area contributed by atoms with E-state index in [-0.39, 0.29) is 12.3 Å². The van der Waals surface area contributed by atoms with Crippen molar-refractivity contribution in [2.45, 2.75) is 13.2 Å². The zero-order valence-electron chi connectivity index (χ0n) is 11.3. The van der Waals surface area contributed by atoms with Crippen molar-refractivity contribution in [2.75, 3.05) is 14.2 Å². The Hall–Kier alpha value is -1.93. The highest BCUT2D eigenvalue weighted by molar-refractivity contribution is 6.29. The topological polar surface area (TPSA) is 84.1 Å². The smallest absolute Gasteiger partial charge is 0.360 e. The van der Waals surface area contributed by atoms with Crippen LogP contribution in [-0.2, 0) is 29.7 Å². The van der Waals surface area contributed by atoms with Crippen molar-refractivity contribution in [3.8, 4) is 0 Å². The van der Waals surface area contributed by atoms with E-state index in [1.165, 1.54) is 18.9 Å². The Balaban J connectivity index is 2.34. The molecule has 0 spiro atoms. The normalized spacial score (nSPS) is 10.8. The molecule has 9 heteroatoms. The van der Waals surface area contributed by atoms with Gasteiger partial charge in [-0.05, 0) is 0 Å². The summed E-state index contributed by atoms with van der Waals surface area (Å²) in [6.07, 6.45) is 1.55. The molecule has 0 aliphatic carbocycles. The summed E-state index contributed by atoms with van der Waals surface area (Å²) in [5.74, 6) is 0.134. The van der Waals surface area contributed by atoms with Crippen LogP contribution in [0.15, 0.2) is 6.20 Å². The van der Waals surface area contributed by atoms with E-state index in [9.17, 15) is 4.79 Å². The van der Waals surface area contributed by atoms with Gasteiger partial charge in [0.05, 0.1) is 25.6 Å². The van der Waals surface area contributed by atoms with Crippen molar-refractivity contribution in [1.29, 1.82) is 0 Å². The lowest BCUT2D eigenvalue weighted by Crippen LogP contribution is -2.13. The van der Waals surface area contributed by atoms with E-state index < -0.39 is 5.97 Å². The molecule has 2 aromatic rings. The average molecular weight is 300 g/mol. The molecule has 2 aromatic heterocycles. The molecule has 2 rings (SSSR count). The Morgan fingerprint density at radius 2 is 2.20 bits per heavy atom. The summed E-state index contributed by atoms with van der Waals surface area (Å²) in [7, 11) is 4.60. The third-order valence-corrected chi connectivity index (χ3v) is 3.17. The van der Waals surface area contributed by atoms with E-state index in [4.69, 9.17) is 16.3 Å². The van der Waals surface area contributed by atoms with Crippen LogP contribution in [0.2, 0.25) is 5.15 Å². The number of halogens is 1. The van der Waals surface area contributed by atoms with Crippen LogP contribution in [0.3, 0.4) is 0 Å². The molecule has 0 saturated carbocycles. The van der Waals surface area contributed by atoms with Gasteiger partial charge < -0.3 is 14.0 Å². The lowest BCUT2D eigenvalue weighted by Gasteiger charge is -2.07. The van der Waals surface area contributed by atoms with Gasteiger partial charge in [-0.15, -0.1) is 5.10 Å². The van der Waals surface area contributed by atoms with Crippen LogP contribution in [0.25, 0.3) is 0 Å². The Bertz CT molecular complexity index is 622. The first-order valence-electron chi connectivity index (χ1n) is 5.74. The fraction of sp³-hybridized carbons (Fsp3) is 0.455. The maximum absolute atomic E-state index is 11.6. The number of carbonyl (C=O) groups is 1. The molecule has 0 aliphatic rings. The van der Waals surface area contributed by atoms with Gasteiger partial charge in [-0.25, -0.2) is 14.5 Å². The summed E-state index contributed by atoms with van der Waals surface area (Å²) in [5, 5.41) is 8.28. The van der Waals surface area contributed by atoms with Crippen LogP contribution in [0, 0.1) is 0 Å². The first-order valence-corrected chi connectivity index (χ1v) is 6.12. The molecule has 0 aliphatic heterocycles. The molecule has 0 amide bonds. The summed E-state index contributed by atoms with van der Waals surface area (Å²) < 4.78 is 13.0. The van der Waals surface area contributed by atoms with Gasteiger partial charge in [0.2, 0.25) is 0 Å². The summed E-state index contributed by atoms with van der Waals surface area (Å²) >= 11 is 5.93. The molecule has 0 bridgehead atoms. The standard InChI is InChI=1S/C11H14ClN5O3/c1-16-8(12)4-13-9(16)5-17-7(6-19-2)10(14-15-17)11(18)20-3/h4H,5-6H2,1-3H3. The van der Waals surface area contributed by atoms with Gasteiger partial charge in [-0.2, -0.15) is 0 Å². The Morgan fingerprint density at radius 1 is 1.45 bits per heavy atom. The monoisotopic (exact) mass is 299 g/mol. The summed E-state index contributed by atoms with van der Waals surface area (Å²) in [6.45, 7) is 0.515. The zero-order chi connectivity index (χ0) is 14.7. The number of esters is 1. The van der Waals surface area contributed by atoms with Crippen LogP contribution in [0.4, 0.5) is 0 Å². The summed E-state index contributed by atoms with van der Waals surface area (Å²) in [5.41, 5.74) is 0.660. The highest BCUT2D eigenvalue weighted by Gasteiger charge is 2.21. The van der Waals surface area contributed by atoms with Crippen LogP contribution >= 0.6 is 11.6 Å². The van der Waals surface area contributed by atoms with Gasteiger partial charge in [0, 0.05) is 14.2 Å². The lowest BCUT2D eigenvalue weighted by atomic mass is 10.3. The third-order valence-electron chi connectivity index (χ3n) is 2.82. The van der Waals surface area contributed by atoms with Crippen molar-refractivity contribution < 1.29 is 14.3 Å². The Labute approximate surface area is 120 Å². The number of hydrogen-bond acceptors (Lipinski definition) is 6. The van der Waals surface area contributed by atoms with Crippen molar-refractivity contribution in [3.63, 3.8) is 0 Å². The maximum atomic E-state index is 11.6. The van der Waals surface area contributed by atoms with Crippen LogP contribution < -0.4 is 0 Å².